The van der Waals surface area contributed by atoms with Crippen molar-refractivity contribution < 1.29 is 9.59 Å². The summed E-state index contributed by atoms with van der Waals surface area (Å²) >= 11 is 10.6. The van der Waals surface area contributed by atoms with E-state index in [0.29, 0.717) is 21.6 Å². The van der Waals surface area contributed by atoms with Gasteiger partial charge in [0.05, 0.1) is 18.0 Å². The van der Waals surface area contributed by atoms with E-state index in [4.69, 9.17) is 11.6 Å². The maximum Gasteiger partial charge on any atom is 0.251 e. The number of aryl methyl sites for hydroxylation is 2. The van der Waals surface area contributed by atoms with Gasteiger partial charge in [-0.1, -0.05) is 23.4 Å². The highest BCUT2D eigenvalue weighted by Gasteiger charge is 2.14. The average molecular weight is 523 g/mol. The molecule has 0 atom stereocenters. The summed E-state index contributed by atoms with van der Waals surface area (Å²) in [4.78, 5) is 24.6. The molecule has 3 rings (SSSR count). The Balaban J connectivity index is 1.54. The smallest absolute Gasteiger partial charge is 0.251 e. The highest BCUT2D eigenvalue weighted by atomic mass is 79.9. The second kappa shape index (κ2) is 10.3. The van der Waals surface area contributed by atoms with Gasteiger partial charge in [0.2, 0.25) is 5.91 Å². The van der Waals surface area contributed by atoms with Crippen LogP contribution in [0, 0.1) is 13.8 Å². The van der Waals surface area contributed by atoms with Gasteiger partial charge in [0.1, 0.15) is 0 Å². The fourth-order valence-electron chi connectivity index (χ4n) is 2.68. The van der Waals surface area contributed by atoms with Crippen LogP contribution in [-0.4, -0.2) is 32.3 Å². The van der Waals surface area contributed by atoms with Crippen LogP contribution in [0.25, 0.3) is 0 Å². The Hall–Kier alpha value is -2.36. The summed E-state index contributed by atoms with van der Waals surface area (Å²) in [6, 6.07) is 10.5. The molecule has 0 saturated carbocycles. The molecule has 1 heterocycles. The number of nitrogens with zero attached hydrogens (tertiary/aromatic N) is 3. The van der Waals surface area contributed by atoms with Crippen molar-refractivity contribution in [2.24, 2.45) is 7.05 Å². The van der Waals surface area contributed by atoms with Crippen LogP contribution in [-0.2, 0) is 18.4 Å². The minimum Gasteiger partial charge on any atom is -0.345 e. The number of rotatable bonds is 7. The molecule has 2 N–H and O–H groups in total. The van der Waals surface area contributed by atoms with Crippen LogP contribution in [0.4, 0.5) is 5.69 Å². The van der Waals surface area contributed by atoms with Gasteiger partial charge in [0.15, 0.2) is 11.0 Å². The van der Waals surface area contributed by atoms with Crippen molar-refractivity contribution in [1.29, 1.82) is 0 Å². The second-order valence-electron chi connectivity index (χ2n) is 6.90. The first-order valence-electron chi connectivity index (χ1n) is 9.36. The second-order valence-corrected chi connectivity index (χ2v) is 9.13. The lowest BCUT2D eigenvalue weighted by Gasteiger charge is -2.10. The Bertz CT molecular complexity index is 1120. The van der Waals surface area contributed by atoms with E-state index in [9.17, 15) is 9.59 Å². The highest BCUT2D eigenvalue weighted by Crippen LogP contribution is 2.26. The van der Waals surface area contributed by atoms with Crippen LogP contribution in [0.2, 0.25) is 5.02 Å². The van der Waals surface area contributed by atoms with E-state index in [2.05, 4.69) is 36.8 Å². The zero-order valence-electron chi connectivity index (χ0n) is 17.2. The van der Waals surface area contributed by atoms with Gasteiger partial charge in [0, 0.05) is 22.1 Å². The van der Waals surface area contributed by atoms with Crippen LogP contribution in [0.5, 0.6) is 0 Å². The number of nitrogens with one attached hydrogen (secondary N) is 2. The van der Waals surface area contributed by atoms with E-state index >= 15 is 0 Å². The fourth-order valence-corrected chi connectivity index (χ4v) is 4.09. The first kappa shape index (κ1) is 23.3. The molecule has 0 saturated heterocycles. The lowest BCUT2D eigenvalue weighted by Crippen LogP contribution is -2.24. The molecule has 2 aromatic carbocycles. The molecule has 0 unspecified atom stereocenters. The average Bonchev–Trinajstić information content (AvgIpc) is 3.08. The summed E-state index contributed by atoms with van der Waals surface area (Å²) in [5, 5.41) is 15.1. The normalized spacial score (nSPS) is 10.7. The molecule has 7 nitrogen and oxygen atoms in total. The molecule has 0 radical (unpaired) electrons. The van der Waals surface area contributed by atoms with E-state index < -0.39 is 0 Å². The number of hydrogen-bond donors (Lipinski definition) is 2. The lowest BCUT2D eigenvalue weighted by atomic mass is 10.1. The van der Waals surface area contributed by atoms with Crippen LogP contribution in [0.1, 0.15) is 27.3 Å². The molecule has 0 aliphatic rings. The molecule has 31 heavy (non-hydrogen) atoms. The molecule has 10 heteroatoms. The third-order valence-corrected chi connectivity index (χ3v) is 6.56. The summed E-state index contributed by atoms with van der Waals surface area (Å²) in [5.74, 6) is 0.395. The van der Waals surface area contributed by atoms with Crippen LogP contribution in [0.3, 0.4) is 0 Å². The van der Waals surface area contributed by atoms with Crippen molar-refractivity contribution in [3.63, 3.8) is 0 Å². The van der Waals surface area contributed by atoms with E-state index in [1.807, 2.05) is 26.0 Å². The summed E-state index contributed by atoms with van der Waals surface area (Å²) in [6.45, 7) is 4.23. The van der Waals surface area contributed by atoms with Crippen molar-refractivity contribution in [3.05, 3.63) is 68.4 Å². The van der Waals surface area contributed by atoms with Crippen LogP contribution >= 0.6 is 39.3 Å². The fraction of sp³-hybridized carbons (Fsp3) is 0.238. The van der Waals surface area contributed by atoms with E-state index in [1.165, 1.54) is 11.8 Å². The number of hydrogen-bond acceptors (Lipinski definition) is 5. The van der Waals surface area contributed by atoms with Gasteiger partial charge in [-0.2, -0.15) is 0 Å². The first-order valence-corrected chi connectivity index (χ1v) is 11.5. The van der Waals surface area contributed by atoms with Crippen molar-refractivity contribution >= 4 is 56.8 Å². The molecule has 0 aliphatic carbocycles. The van der Waals surface area contributed by atoms with Gasteiger partial charge < -0.3 is 15.2 Å². The largest absolute Gasteiger partial charge is 0.345 e. The maximum atomic E-state index is 12.4. The molecule has 2 amide bonds. The van der Waals surface area contributed by atoms with E-state index in [0.717, 1.165) is 21.3 Å². The molecule has 0 fully saturated rings. The Morgan fingerprint density at radius 1 is 1.13 bits per heavy atom. The lowest BCUT2D eigenvalue weighted by molar-refractivity contribution is -0.113. The Labute approximate surface area is 198 Å². The van der Waals surface area contributed by atoms with Crippen molar-refractivity contribution in [2.75, 3.05) is 11.1 Å². The van der Waals surface area contributed by atoms with Gasteiger partial charge in [-0.3, -0.25) is 9.59 Å². The number of halogens is 2. The monoisotopic (exact) mass is 521 g/mol. The minimum absolute atomic E-state index is 0.144. The van der Waals surface area contributed by atoms with Gasteiger partial charge in [-0.05, 0) is 77.3 Å². The summed E-state index contributed by atoms with van der Waals surface area (Å²) in [5.41, 5.74) is 3.49. The standard InChI is InChI=1S/C21H21BrClN5O2S/c1-12-8-16(22)17(9-13(12)2)25-19(29)11-31-21-27-26-18(28(21)3)10-24-20(30)14-4-6-15(23)7-5-14/h4-9H,10-11H2,1-3H3,(H,24,30)(H,25,29). The number of carbonyl (C=O) groups excluding carboxylic acids is 2. The molecule has 162 valence electrons. The quantitative estimate of drug-likeness (QED) is 0.446. The van der Waals surface area contributed by atoms with Crippen molar-refractivity contribution in [1.82, 2.24) is 20.1 Å². The minimum atomic E-state index is -0.229. The molecule has 0 bridgehead atoms. The van der Waals surface area contributed by atoms with Crippen molar-refractivity contribution in [2.45, 2.75) is 25.5 Å². The third-order valence-electron chi connectivity index (χ3n) is 4.63. The molecular formula is C21H21BrClN5O2S. The van der Waals surface area contributed by atoms with Gasteiger partial charge in [-0.15, -0.1) is 10.2 Å². The number of aromatic nitrogens is 3. The molecule has 0 spiro atoms. The number of benzene rings is 2. The van der Waals surface area contributed by atoms with Crippen LogP contribution in [0.15, 0.2) is 46.0 Å². The number of amides is 2. The SMILES string of the molecule is Cc1cc(Br)c(NC(=O)CSc2nnc(CNC(=O)c3ccc(Cl)cc3)n2C)cc1C. The maximum absolute atomic E-state index is 12.4. The predicted octanol–water partition coefficient (Wildman–Crippen LogP) is 4.51. The van der Waals surface area contributed by atoms with E-state index in [-0.39, 0.29) is 24.1 Å². The van der Waals surface area contributed by atoms with Gasteiger partial charge >= 0.3 is 0 Å². The summed E-state index contributed by atoms with van der Waals surface area (Å²) < 4.78 is 2.60. The molecule has 3 aromatic rings. The first-order chi connectivity index (χ1) is 14.7. The topological polar surface area (TPSA) is 88.9 Å². The van der Waals surface area contributed by atoms with Crippen LogP contribution < -0.4 is 10.6 Å². The molecule has 0 aliphatic heterocycles. The molecular weight excluding hydrogens is 502 g/mol. The van der Waals surface area contributed by atoms with Gasteiger partial charge in [-0.25, -0.2) is 0 Å². The summed E-state index contributed by atoms with van der Waals surface area (Å²) in [7, 11) is 1.80. The Morgan fingerprint density at radius 3 is 2.52 bits per heavy atom. The zero-order chi connectivity index (χ0) is 22.5. The Kier molecular flexibility index (Phi) is 7.74. The third kappa shape index (κ3) is 6.09. The highest BCUT2D eigenvalue weighted by molar-refractivity contribution is 9.10. The number of carbonyl (C=O) groups is 2. The zero-order valence-corrected chi connectivity index (χ0v) is 20.4. The number of anilines is 1. The van der Waals surface area contributed by atoms with Gasteiger partial charge in [0.25, 0.3) is 5.91 Å². The summed E-state index contributed by atoms with van der Waals surface area (Å²) in [6.07, 6.45) is 0. The Morgan fingerprint density at radius 2 is 1.81 bits per heavy atom. The van der Waals surface area contributed by atoms with E-state index in [1.54, 1.807) is 35.9 Å². The van der Waals surface area contributed by atoms with Crippen molar-refractivity contribution in [3.8, 4) is 0 Å². The number of thioether (sulfide) groups is 1. The molecule has 1 aromatic heterocycles. The predicted molar refractivity (Wildman–Crippen MR) is 127 cm³/mol.